The zero-order valence-electron chi connectivity index (χ0n) is 18.9. The van der Waals surface area contributed by atoms with E-state index in [-0.39, 0.29) is 36.3 Å². The van der Waals surface area contributed by atoms with Gasteiger partial charge in [0.2, 0.25) is 0 Å². The van der Waals surface area contributed by atoms with Crippen LogP contribution in [0.5, 0.6) is 0 Å². The van der Waals surface area contributed by atoms with Gasteiger partial charge in [-0.25, -0.2) is 0 Å². The van der Waals surface area contributed by atoms with Crippen LogP contribution in [0, 0.1) is 0 Å². The summed E-state index contributed by atoms with van der Waals surface area (Å²) in [5.74, 6) is 0.316. The number of pyridine rings is 1. The van der Waals surface area contributed by atoms with E-state index in [0.717, 1.165) is 60.8 Å². The van der Waals surface area contributed by atoms with Gasteiger partial charge in [0.25, 0.3) is 0 Å². The summed E-state index contributed by atoms with van der Waals surface area (Å²) in [6, 6.07) is 13.6. The molecule has 2 unspecified atom stereocenters. The molecule has 0 aliphatic heterocycles. The zero-order chi connectivity index (χ0) is 22.0. The van der Waals surface area contributed by atoms with Crippen LogP contribution in [0.1, 0.15) is 49.0 Å². The molecule has 4 nitrogen and oxygen atoms in total. The van der Waals surface area contributed by atoms with E-state index in [1.54, 1.807) is 6.07 Å². The maximum atomic E-state index is 13.5. The third-order valence-corrected chi connectivity index (χ3v) is 6.94. The van der Waals surface area contributed by atoms with Crippen LogP contribution in [-0.2, 0) is 6.42 Å². The SMILES string of the molecule is CCN(CC)CCNC1CC(c2ccc(Cl)cc2)Cc2[nH]c3ccc(Cl)cc3c(=O)c21.Cl.Cl. The highest BCUT2D eigenvalue weighted by Gasteiger charge is 2.31. The summed E-state index contributed by atoms with van der Waals surface area (Å²) in [6.07, 6.45) is 1.68. The van der Waals surface area contributed by atoms with Crippen LogP contribution in [0.15, 0.2) is 47.3 Å². The largest absolute Gasteiger partial charge is 0.358 e. The number of rotatable bonds is 7. The molecule has 1 heterocycles. The second kappa shape index (κ2) is 12.4. The van der Waals surface area contributed by atoms with Gasteiger partial charge in [0, 0.05) is 51.3 Å². The molecule has 2 atom stereocenters. The Bertz CT molecular complexity index is 1110. The molecule has 0 fully saturated rings. The molecule has 1 aliphatic carbocycles. The number of nitrogens with zero attached hydrogens (tertiary/aromatic N) is 1. The van der Waals surface area contributed by atoms with E-state index in [1.165, 1.54) is 5.56 Å². The van der Waals surface area contributed by atoms with Crippen LogP contribution in [0.3, 0.4) is 0 Å². The van der Waals surface area contributed by atoms with E-state index >= 15 is 0 Å². The molecule has 0 amide bonds. The molecular weight excluding hydrogens is 500 g/mol. The Balaban J connectivity index is 0.00000193. The van der Waals surface area contributed by atoms with E-state index in [1.807, 2.05) is 24.3 Å². The molecule has 3 aromatic rings. The number of fused-ring (bicyclic) bond motifs is 2. The summed E-state index contributed by atoms with van der Waals surface area (Å²) in [4.78, 5) is 19.4. The van der Waals surface area contributed by atoms with Gasteiger partial charge in [0.1, 0.15) is 0 Å². The number of aromatic amines is 1. The standard InChI is InChI=1S/C25H29Cl2N3O.2ClH/c1-3-30(4-2)12-11-28-22-13-17(16-5-7-18(26)8-6-16)14-23-24(22)25(31)20-15-19(27)9-10-21(20)29-23;;/h5-10,15,17,22,28H,3-4,11-14H2,1-2H3,(H,29,31);2*1H. The number of aromatic nitrogens is 1. The zero-order valence-corrected chi connectivity index (χ0v) is 22.0. The number of benzene rings is 2. The van der Waals surface area contributed by atoms with E-state index in [0.29, 0.717) is 16.3 Å². The quantitative estimate of drug-likeness (QED) is 0.372. The number of halogens is 4. The Hall–Kier alpha value is -1.27. The van der Waals surface area contributed by atoms with Gasteiger partial charge < -0.3 is 15.2 Å². The lowest BCUT2D eigenvalue weighted by atomic mass is 9.79. The van der Waals surface area contributed by atoms with Gasteiger partial charge in [-0.05, 0) is 67.7 Å². The van der Waals surface area contributed by atoms with Crippen molar-refractivity contribution in [3.05, 3.63) is 79.6 Å². The predicted molar refractivity (Wildman–Crippen MR) is 145 cm³/mol. The summed E-state index contributed by atoms with van der Waals surface area (Å²) in [6.45, 7) is 8.20. The van der Waals surface area contributed by atoms with Gasteiger partial charge in [-0.1, -0.05) is 49.2 Å². The van der Waals surface area contributed by atoms with Crippen molar-refractivity contribution < 1.29 is 0 Å². The van der Waals surface area contributed by atoms with Crippen molar-refractivity contribution in [1.29, 1.82) is 0 Å². The van der Waals surface area contributed by atoms with Crippen molar-refractivity contribution in [2.24, 2.45) is 0 Å². The van der Waals surface area contributed by atoms with Crippen LogP contribution in [0.2, 0.25) is 10.0 Å². The number of hydrogen-bond acceptors (Lipinski definition) is 3. The molecule has 2 N–H and O–H groups in total. The minimum absolute atomic E-state index is 0. The van der Waals surface area contributed by atoms with E-state index in [4.69, 9.17) is 23.2 Å². The first-order valence-corrected chi connectivity index (χ1v) is 11.8. The van der Waals surface area contributed by atoms with Gasteiger partial charge in [-0.3, -0.25) is 4.79 Å². The smallest absolute Gasteiger partial charge is 0.194 e. The van der Waals surface area contributed by atoms with Crippen molar-refractivity contribution in [2.45, 2.75) is 38.6 Å². The van der Waals surface area contributed by atoms with Crippen molar-refractivity contribution >= 4 is 58.9 Å². The second-order valence-corrected chi connectivity index (χ2v) is 9.13. The lowest BCUT2D eigenvalue weighted by Crippen LogP contribution is -2.38. The average molecular weight is 531 g/mol. The highest BCUT2D eigenvalue weighted by Crippen LogP contribution is 2.37. The number of nitrogens with one attached hydrogen (secondary N) is 2. The molecular formula is C25H31Cl4N3O. The number of likely N-dealkylation sites (N-methyl/N-ethyl adjacent to an activating group) is 1. The molecule has 180 valence electrons. The van der Waals surface area contributed by atoms with Gasteiger partial charge in [0.15, 0.2) is 5.43 Å². The molecule has 0 saturated carbocycles. The van der Waals surface area contributed by atoms with Crippen molar-refractivity contribution in [3.63, 3.8) is 0 Å². The fourth-order valence-electron chi connectivity index (χ4n) is 4.70. The predicted octanol–water partition coefficient (Wildman–Crippen LogP) is 6.38. The maximum Gasteiger partial charge on any atom is 0.194 e. The Morgan fingerprint density at radius 1 is 1.03 bits per heavy atom. The van der Waals surface area contributed by atoms with Gasteiger partial charge in [0.05, 0.1) is 0 Å². The molecule has 0 spiro atoms. The van der Waals surface area contributed by atoms with Crippen LogP contribution in [0.4, 0.5) is 0 Å². The summed E-state index contributed by atoms with van der Waals surface area (Å²) in [5.41, 5.74) is 4.06. The molecule has 33 heavy (non-hydrogen) atoms. The Labute approximate surface area is 217 Å². The van der Waals surface area contributed by atoms with E-state index in [2.05, 4.69) is 41.2 Å². The topological polar surface area (TPSA) is 48.1 Å². The summed E-state index contributed by atoms with van der Waals surface area (Å²) in [5, 5.41) is 5.67. The van der Waals surface area contributed by atoms with Gasteiger partial charge in [-0.15, -0.1) is 24.8 Å². The number of hydrogen-bond donors (Lipinski definition) is 2. The first-order chi connectivity index (χ1) is 15.0. The van der Waals surface area contributed by atoms with Crippen LogP contribution >= 0.6 is 48.0 Å². The van der Waals surface area contributed by atoms with Crippen molar-refractivity contribution in [2.75, 3.05) is 26.2 Å². The summed E-state index contributed by atoms with van der Waals surface area (Å²) < 4.78 is 0. The first kappa shape index (κ1) is 28.0. The molecule has 8 heteroatoms. The maximum absolute atomic E-state index is 13.5. The van der Waals surface area contributed by atoms with Crippen molar-refractivity contribution in [1.82, 2.24) is 15.2 Å². The van der Waals surface area contributed by atoms with Crippen LogP contribution < -0.4 is 10.7 Å². The lowest BCUT2D eigenvalue weighted by Gasteiger charge is -2.33. The fraction of sp³-hybridized carbons (Fsp3) is 0.400. The second-order valence-electron chi connectivity index (χ2n) is 8.26. The monoisotopic (exact) mass is 529 g/mol. The number of H-pyrrole nitrogens is 1. The molecule has 0 saturated heterocycles. The molecule has 0 bridgehead atoms. The Morgan fingerprint density at radius 3 is 2.36 bits per heavy atom. The third kappa shape index (κ3) is 6.25. The molecule has 1 aliphatic rings. The molecule has 0 radical (unpaired) electrons. The summed E-state index contributed by atoms with van der Waals surface area (Å²) in [7, 11) is 0. The Kier molecular flexibility index (Phi) is 10.5. The molecule has 4 rings (SSSR count). The van der Waals surface area contributed by atoms with E-state index in [9.17, 15) is 4.79 Å². The average Bonchev–Trinajstić information content (AvgIpc) is 2.77. The molecule has 1 aromatic heterocycles. The van der Waals surface area contributed by atoms with E-state index < -0.39 is 0 Å². The molecule has 2 aromatic carbocycles. The lowest BCUT2D eigenvalue weighted by molar-refractivity contribution is 0.290. The highest BCUT2D eigenvalue weighted by molar-refractivity contribution is 6.31. The minimum Gasteiger partial charge on any atom is -0.358 e. The van der Waals surface area contributed by atoms with Crippen LogP contribution in [0.25, 0.3) is 10.9 Å². The minimum atomic E-state index is -0.00729. The highest BCUT2D eigenvalue weighted by atomic mass is 35.5. The van der Waals surface area contributed by atoms with Crippen molar-refractivity contribution in [3.8, 4) is 0 Å². The first-order valence-electron chi connectivity index (χ1n) is 11.1. The Morgan fingerprint density at radius 2 is 1.70 bits per heavy atom. The third-order valence-electron chi connectivity index (χ3n) is 6.46. The van der Waals surface area contributed by atoms with Crippen LogP contribution in [-0.4, -0.2) is 36.1 Å². The van der Waals surface area contributed by atoms with Gasteiger partial charge in [-0.2, -0.15) is 0 Å². The van der Waals surface area contributed by atoms with Gasteiger partial charge >= 0.3 is 0 Å². The summed E-state index contributed by atoms with van der Waals surface area (Å²) >= 11 is 12.3. The fourth-order valence-corrected chi connectivity index (χ4v) is 5.00. The normalized spacial score (nSPS) is 17.4.